The minimum Gasteiger partial charge on any atom is -0.306 e. The van der Waals surface area contributed by atoms with Gasteiger partial charge in [-0.3, -0.25) is 0 Å². The number of piperazine rings is 1. The van der Waals surface area contributed by atoms with Gasteiger partial charge in [-0.1, -0.05) is 23.2 Å². The molecule has 3 rings (SSSR count). The second kappa shape index (κ2) is 6.20. The summed E-state index contributed by atoms with van der Waals surface area (Å²) in [4.78, 5) is 2.29. The maximum Gasteiger partial charge on any atom is 0.217 e. The minimum absolute atomic E-state index is 0.611. The largest absolute Gasteiger partial charge is 0.306 e. The summed E-state index contributed by atoms with van der Waals surface area (Å²) in [7, 11) is 3.96. The lowest BCUT2D eigenvalue weighted by molar-refractivity contribution is 0.287. The number of likely N-dealkylation sites (N-methyl/N-ethyl adjacent to an activating group) is 1. The van der Waals surface area contributed by atoms with Gasteiger partial charge in [0, 0.05) is 43.8 Å². The fourth-order valence-corrected chi connectivity index (χ4v) is 3.16. The van der Waals surface area contributed by atoms with Crippen LogP contribution in [-0.2, 0) is 7.05 Å². The molecule has 22 heavy (non-hydrogen) atoms. The molecule has 0 saturated carbocycles. The van der Waals surface area contributed by atoms with Crippen molar-refractivity contribution in [2.75, 3.05) is 38.2 Å². The average Bonchev–Trinajstić information content (AvgIpc) is 2.78. The van der Waals surface area contributed by atoms with E-state index in [1.165, 1.54) is 0 Å². The topological polar surface area (TPSA) is 29.2 Å². The van der Waals surface area contributed by atoms with E-state index in [-0.39, 0.29) is 0 Å². The standard InChI is InChI=1S/C14H17Cl2N5S/c1-18-5-7-20(8-6-18)21-13(17-19(2)14(21)22)11-9-10(15)3-4-12(11)16/h3-4,9H,5-8H2,1-2H3. The van der Waals surface area contributed by atoms with Crippen molar-refractivity contribution in [3.8, 4) is 11.4 Å². The quantitative estimate of drug-likeness (QED) is 0.772. The summed E-state index contributed by atoms with van der Waals surface area (Å²) in [6, 6.07) is 5.38. The van der Waals surface area contributed by atoms with E-state index in [0.717, 1.165) is 37.6 Å². The van der Waals surface area contributed by atoms with Gasteiger partial charge in [0.25, 0.3) is 0 Å². The van der Waals surface area contributed by atoms with Crippen LogP contribution in [0.4, 0.5) is 0 Å². The van der Waals surface area contributed by atoms with Crippen molar-refractivity contribution in [1.82, 2.24) is 19.4 Å². The molecule has 0 bridgehead atoms. The molecule has 1 aromatic carbocycles. The number of rotatable bonds is 2. The highest BCUT2D eigenvalue weighted by Gasteiger charge is 2.22. The van der Waals surface area contributed by atoms with Crippen LogP contribution in [0, 0.1) is 4.77 Å². The molecule has 118 valence electrons. The highest BCUT2D eigenvalue weighted by molar-refractivity contribution is 7.71. The zero-order valence-electron chi connectivity index (χ0n) is 12.5. The Kier molecular flexibility index (Phi) is 4.45. The lowest BCUT2D eigenvalue weighted by Crippen LogP contribution is -2.50. The Morgan fingerprint density at radius 1 is 1.09 bits per heavy atom. The first-order valence-corrected chi connectivity index (χ1v) is 8.19. The van der Waals surface area contributed by atoms with Gasteiger partial charge in [0.05, 0.1) is 5.02 Å². The summed E-state index contributed by atoms with van der Waals surface area (Å²) in [5, 5.41) is 8.00. The van der Waals surface area contributed by atoms with Crippen LogP contribution < -0.4 is 5.01 Å². The first-order valence-electron chi connectivity index (χ1n) is 7.02. The SMILES string of the molecule is CN1CCN(n2c(-c3cc(Cl)ccc3Cl)nn(C)c2=S)CC1. The zero-order valence-corrected chi connectivity index (χ0v) is 14.8. The smallest absolute Gasteiger partial charge is 0.217 e. The summed E-state index contributed by atoms with van der Waals surface area (Å²) in [5.74, 6) is 0.726. The van der Waals surface area contributed by atoms with Gasteiger partial charge < -0.3 is 9.91 Å². The number of benzene rings is 1. The minimum atomic E-state index is 0.611. The van der Waals surface area contributed by atoms with E-state index in [1.807, 2.05) is 17.8 Å². The van der Waals surface area contributed by atoms with E-state index < -0.39 is 0 Å². The van der Waals surface area contributed by atoms with E-state index in [9.17, 15) is 0 Å². The molecular formula is C14H17Cl2N5S. The lowest BCUT2D eigenvalue weighted by atomic mass is 10.2. The van der Waals surface area contributed by atoms with Crippen LogP contribution in [0.15, 0.2) is 18.2 Å². The molecular weight excluding hydrogens is 341 g/mol. The molecule has 1 aromatic heterocycles. The van der Waals surface area contributed by atoms with Crippen molar-refractivity contribution in [2.24, 2.45) is 7.05 Å². The van der Waals surface area contributed by atoms with Crippen LogP contribution in [0.1, 0.15) is 0 Å². The average molecular weight is 358 g/mol. The van der Waals surface area contributed by atoms with Gasteiger partial charge in [-0.05, 0) is 37.5 Å². The maximum atomic E-state index is 6.34. The highest BCUT2D eigenvalue weighted by atomic mass is 35.5. The Balaban J connectivity index is 2.11. The molecule has 1 aliphatic heterocycles. The van der Waals surface area contributed by atoms with Crippen LogP contribution in [0.25, 0.3) is 11.4 Å². The Labute approximate surface area is 144 Å². The summed E-state index contributed by atoms with van der Waals surface area (Å²) < 4.78 is 4.32. The number of aromatic nitrogens is 3. The van der Waals surface area contributed by atoms with Gasteiger partial charge in [0.1, 0.15) is 0 Å². The van der Waals surface area contributed by atoms with Gasteiger partial charge in [-0.2, -0.15) is 0 Å². The fourth-order valence-electron chi connectivity index (χ4n) is 2.54. The summed E-state index contributed by atoms with van der Waals surface area (Å²) in [6.07, 6.45) is 0. The van der Waals surface area contributed by atoms with Crippen molar-refractivity contribution in [3.63, 3.8) is 0 Å². The molecule has 1 fully saturated rings. The Morgan fingerprint density at radius 2 is 1.77 bits per heavy atom. The van der Waals surface area contributed by atoms with E-state index >= 15 is 0 Å². The first-order chi connectivity index (χ1) is 10.5. The predicted octanol–water partition coefficient (Wildman–Crippen LogP) is 2.81. The Hall–Kier alpha value is -1.08. The number of aryl methyl sites for hydroxylation is 1. The van der Waals surface area contributed by atoms with E-state index in [2.05, 4.69) is 22.1 Å². The molecule has 0 atom stereocenters. The Bertz CT molecular complexity index is 746. The van der Waals surface area contributed by atoms with Gasteiger partial charge in [0.2, 0.25) is 4.77 Å². The predicted molar refractivity (Wildman–Crippen MR) is 92.9 cm³/mol. The number of hydrogen-bond acceptors (Lipinski definition) is 4. The van der Waals surface area contributed by atoms with Crippen LogP contribution in [-0.4, -0.2) is 52.6 Å². The van der Waals surface area contributed by atoms with E-state index in [4.69, 9.17) is 35.4 Å². The van der Waals surface area contributed by atoms with Gasteiger partial charge >= 0.3 is 0 Å². The van der Waals surface area contributed by atoms with Crippen LogP contribution >= 0.6 is 35.4 Å². The molecule has 0 N–H and O–H groups in total. The van der Waals surface area contributed by atoms with Crippen LogP contribution in [0.2, 0.25) is 10.0 Å². The van der Waals surface area contributed by atoms with Crippen LogP contribution in [0.5, 0.6) is 0 Å². The Morgan fingerprint density at radius 3 is 2.45 bits per heavy atom. The molecule has 0 aliphatic carbocycles. The molecule has 5 nitrogen and oxygen atoms in total. The van der Waals surface area contributed by atoms with E-state index in [0.29, 0.717) is 14.8 Å². The molecule has 0 amide bonds. The second-order valence-electron chi connectivity index (χ2n) is 5.42. The van der Waals surface area contributed by atoms with Gasteiger partial charge in [-0.15, -0.1) is 5.10 Å². The molecule has 0 spiro atoms. The maximum absolute atomic E-state index is 6.34. The third kappa shape index (κ3) is 2.88. The summed E-state index contributed by atoms with van der Waals surface area (Å²) in [6.45, 7) is 3.75. The van der Waals surface area contributed by atoms with Gasteiger partial charge in [-0.25, -0.2) is 9.36 Å². The van der Waals surface area contributed by atoms with Crippen molar-refractivity contribution in [1.29, 1.82) is 0 Å². The molecule has 0 unspecified atom stereocenters. The van der Waals surface area contributed by atoms with Gasteiger partial charge in [0.15, 0.2) is 5.82 Å². The second-order valence-corrected chi connectivity index (χ2v) is 6.63. The fraction of sp³-hybridized carbons (Fsp3) is 0.429. The van der Waals surface area contributed by atoms with Crippen molar-refractivity contribution in [2.45, 2.75) is 0 Å². The molecule has 2 aromatic rings. The lowest BCUT2D eigenvalue weighted by Gasteiger charge is -2.34. The molecule has 0 radical (unpaired) electrons. The van der Waals surface area contributed by atoms with Crippen molar-refractivity contribution in [3.05, 3.63) is 33.0 Å². The molecule has 1 aliphatic rings. The normalized spacial score (nSPS) is 16.3. The number of hydrogen-bond donors (Lipinski definition) is 0. The number of halogens is 2. The summed E-state index contributed by atoms with van der Waals surface area (Å²) in [5.41, 5.74) is 0.791. The summed E-state index contributed by atoms with van der Waals surface area (Å²) >= 11 is 18.0. The first kappa shape index (κ1) is 15.8. The monoisotopic (exact) mass is 357 g/mol. The molecule has 1 saturated heterocycles. The third-order valence-corrected chi connectivity index (χ3v) is 4.84. The number of nitrogens with zero attached hydrogens (tertiary/aromatic N) is 5. The molecule has 8 heteroatoms. The highest BCUT2D eigenvalue weighted by Crippen LogP contribution is 2.30. The van der Waals surface area contributed by atoms with E-state index in [1.54, 1.807) is 16.8 Å². The van der Waals surface area contributed by atoms with Crippen LogP contribution in [0.3, 0.4) is 0 Å². The van der Waals surface area contributed by atoms with Crippen molar-refractivity contribution >= 4 is 35.4 Å². The van der Waals surface area contributed by atoms with Crippen molar-refractivity contribution < 1.29 is 0 Å². The third-order valence-electron chi connectivity index (χ3n) is 3.84. The molecule has 2 heterocycles. The zero-order chi connectivity index (χ0) is 15.9.